The van der Waals surface area contributed by atoms with Crippen molar-refractivity contribution in [1.29, 1.82) is 0 Å². The molecule has 8 nitrogen and oxygen atoms in total. The maximum atomic E-state index is 12.9. The molecule has 30 heavy (non-hydrogen) atoms. The summed E-state index contributed by atoms with van der Waals surface area (Å²) in [6.07, 6.45) is 0.668. The quantitative estimate of drug-likeness (QED) is 0.248. The highest BCUT2D eigenvalue weighted by Gasteiger charge is 2.45. The molecular formula is C22H23N3O5. The fourth-order valence-electron chi connectivity index (χ4n) is 3.55. The maximum absolute atomic E-state index is 12.9. The molecular weight excluding hydrogens is 386 g/mol. The standard InChI is InChI=1S/C22H23N3O5/c1-23(2)13-6-14-24-19(15-7-4-3-5-8-15)18(21(27)22(24)28)20(26)16-9-11-17(12-10-16)25(29)30/h3-5,7-12,19,26H,6,13-14H2,1-2H3. The van der Waals surface area contributed by atoms with E-state index in [0.29, 0.717) is 18.5 Å². The molecule has 8 heteroatoms. The summed E-state index contributed by atoms with van der Waals surface area (Å²) in [5.41, 5.74) is 0.818. The van der Waals surface area contributed by atoms with E-state index in [1.165, 1.54) is 29.2 Å². The second-order valence-electron chi connectivity index (χ2n) is 7.36. The zero-order valence-corrected chi connectivity index (χ0v) is 16.8. The van der Waals surface area contributed by atoms with Gasteiger partial charge in [-0.2, -0.15) is 0 Å². The van der Waals surface area contributed by atoms with Crippen LogP contribution in [0, 0.1) is 10.1 Å². The Balaban J connectivity index is 2.05. The first-order chi connectivity index (χ1) is 14.3. The van der Waals surface area contributed by atoms with Gasteiger partial charge in [0, 0.05) is 24.2 Å². The second kappa shape index (κ2) is 8.87. The Morgan fingerprint density at radius 3 is 2.30 bits per heavy atom. The van der Waals surface area contributed by atoms with Crippen LogP contribution in [-0.2, 0) is 9.59 Å². The van der Waals surface area contributed by atoms with Crippen LogP contribution < -0.4 is 0 Å². The first kappa shape index (κ1) is 21.2. The molecule has 0 aliphatic carbocycles. The van der Waals surface area contributed by atoms with Crippen LogP contribution >= 0.6 is 0 Å². The molecule has 1 atom stereocenters. The van der Waals surface area contributed by atoms with Crippen LogP contribution in [0.15, 0.2) is 60.2 Å². The molecule has 1 N–H and O–H groups in total. The van der Waals surface area contributed by atoms with Crippen LogP contribution in [0.25, 0.3) is 5.76 Å². The van der Waals surface area contributed by atoms with Gasteiger partial charge in [-0.3, -0.25) is 19.7 Å². The van der Waals surface area contributed by atoms with Crippen LogP contribution in [0.2, 0.25) is 0 Å². The van der Waals surface area contributed by atoms with E-state index in [1.807, 2.05) is 25.1 Å². The van der Waals surface area contributed by atoms with Gasteiger partial charge in [0.15, 0.2) is 0 Å². The van der Waals surface area contributed by atoms with Crippen LogP contribution in [0.4, 0.5) is 5.69 Å². The predicted molar refractivity (Wildman–Crippen MR) is 112 cm³/mol. The topological polar surface area (TPSA) is 104 Å². The average Bonchev–Trinajstić information content (AvgIpc) is 2.98. The summed E-state index contributed by atoms with van der Waals surface area (Å²) in [5.74, 6) is -1.76. The summed E-state index contributed by atoms with van der Waals surface area (Å²) in [6, 6.07) is 13.6. The molecule has 1 heterocycles. The van der Waals surface area contributed by atoms with Gasteiger partial charge < -0.3 is 14.9 Å². The smallest absolute Gasteiger partial charge is 0.295 e. The van der Waals surface area contributed by atoms with E-state index >= 15 is 0 Å². The van der Waals surface area contributed by atoms with Crippen molar-refractivity contribution in [1.82, 2.24) is 9.80 Å². The highest BCUT2D eigenvalue weighted by Crippen LogP contribution is 2.39. The number of hydrogen-bond acceptors (Lipinski definition) is 6. The molecule has 0 bridgehead atoms. The molecule has 1 saturated heterocycles. The lowest BCUT2D eigenvalue weighted by molar-refractivity contribution is -0.384. The van der Waals surface area contributed by atoms with Gasteiger partial charge in [-0.15, -0.1) is 0 Å². The van der Waals surface area contributed by atoms with Crippen molar-refractivity contribution >= 4 is 23.1 Å². The average molecular weight is 409 g/mol. The first-order valence-corrected chi connectivity index (χ1v) is 9.54. The van der Waals surface area contributed by atoms with Gasteiger partial charge in [0.25, 0.3) is 17.4 Å². The number of amides is 1. The summed E-state index contributed by atoms with van der Waals surface area (Å²) >= 11 is 0. The van der Waals surface area contributed by atoms with Crippen LogP contribution in [0.5, 0.6) is 0 Å². The number of hydrogen-bond donors (Lipinski definition) is 1. The summed E-state index contributed by atoms with van der Waals surface area (Å²) in [7, 11) is 3.86. The number of aliphatic hydroxyl groups excluding tert-OH is 1. The van der Waals surface area contributed by atoms with Gasteiger partial charge in [-0.25, -0.2) is 0 Å². The fourth-order valence-corrected chi connectivity index (χ4v) is 3.55. The normalized spacial score (nSPS) is 18.2. The number of nitro groups is 1. The number of carbonyl (C=O) groups is 2. The lowest BCUT2D eigenvalue weighted by Crippen LogP contribution is -2.32. The van der Waals surface area contributed by atoms with Crippen molar-refractivity contribution in [3.8, 4) is 0 Å². The minimum atomic E-state index is -0.760. The number of nitro benzene ring substituents is 1. The third-order valence-corrected chi connectivity index (χ3v) is 5.01. The van der Waals surface area contributed by atoms with E-state index < -0.39 is 22.7 Å². The molecule has 1 unspecified atom stereocenters. The number of rotatable bonds is 7. The number of Topliss-reactive ketones (excluding diaryl/α,β-unsaturated/α-hetero) is 1. The number of benzene rings is 2. The Hall–Kier alpha value is -3.52. The van der Waals surface area contributed by atoms with Gasteiger partial charge in [0.1, 0.15) is 5.76 Å². The number of ketones is 1. The summed E-state index contributed by atoms with van der Waals surface area (Å²) in [6.45, 7) is 1.10. The summed E-state index contributed by atoms with van der Waals surface area (Å²) in [5, 5.41) is 21.8. The predicted octanol–water partition coefficient (Wildman–Crippen LogP) is 2.97. The molecule has 1 aliphatic rings. The van der Waals surface area contributed by atoms with Crippen LogP contribution in [-0.4, -0.2) is 58.7 Å². The van der Waals surface area contributed by atoms with E-state index in [2.05, 4.69) is 0 Å². The van der Waals surface area contributed by atoms with Crippen molar-refractivity contribution in [2.24, 2.45) is 0 Å². The highest BCUT2D eigenvalue weighted by atomic mass is 16.6. The monoisotopic (exact) mass is 409 g/mol. The number of nitrogens with zero attached hydrogens (tertiary/aromatic N) is 3. The van der Waals surface area contributed by atoms with E-state index in [4.69, 9.17) is 0 Å². The molecule has 0 saturated carbocycles. The van der Waals surface area contributed by atoms with Crippen molar-refractivity contribution in [2.75, 3.05) is 27.2 Å². The highest BCUT2D eigenvalue weighted by molar-refractivity contribution is 6.46. The number of likely N-dealkylation sites (tertiary alicyclic amines) is 1. The summed E-state index contributed by atoms with van der Waals surface area (Å²) in [4.78, 5) is 39.5. The molecule has 3 rings (SSSR count). The number of non-ortho nitro benzene ring substituents is 1. The van der Waals surface area contributed by atoms with E-state index in [-0.39, 0.29) is 22.6 Å². The van der Waals surface area contributed by atoms with Crippen molar-refractivity contribution < 1.29 is 19.6 Å². The molecule has 1 amide bonds. The Labute approximate surface area is 174 Å². The Kier molecular flexibility index (Phi) is 6.27. The minimum absolute atomic E-state index is 0.00935. The number of aliphatic hydroxyl groups is 1. The molecule has 0 spiro atoms. The first-order valence-electron chi connectivity index (χ1n) is 9.54. The third-order valence-electron chi connectivity index (χ3n) is 5.01. The molecule has 1 aliphatic heterocycles. The SMILES string of the molecule is CN(C)CCCN1C(=O)C(=O)C(=C(O)c2ccc([N+](=O)[O-])cc2)C1c1ccccc1. The zero-order valence-electron chi connectivity index (χ0n) is 16.8. The molecule has 2 aromatic rings. The third kappa shape index (κ3) is 4.23. The van der Waals surface area contributed by atoms with Crippen molar-refractivity contribution in [2.45, 2.75) is 12.5 Å². The Morgan fingerprint density at radius 2 is 1.73 bits per heavy atom. The minimum Gasteiger partial charge on any atom is -0.507 e. The Bertz CT molecular complexity index is 984. The van der Waals surface area contributed by atoms with Crippen LogP contribution in [0.1, 0.15) is 23.6 Å². The lowest BCUT2D eigenvalue weighted by atomic mass is 9.95. The summed E-state index contributed by atoms with van der Waals surface area (Å²) < 4.78 is 0. The van der Waals surface area contributed by atoms with E-state index in [1.54, 1.807) is 24.3 Å². The zero-order chi connectivity index (χ0) is 21.8. The lowest BCUT2D eigenvalue weighted by Gasteiger charge is -2.26. The van der Waals surface area contributed by atoms with E-state index in [9.17, 15) is 24.8 Å². The van der Waals surface area contributed by atoms with Gasteiger partial charge in [0.05, 0.1) is 16.5 Å². The molecule has 1 fully saturated rings. The largest absolute Gasteiger partial charge is 0.507 e. The van der Waals surface area contributed by atoms with Crippen molar-refractivity contribution in [3.63, 3.8) is 0 Å². The van der Waals surface area contributed by atoms with Crippen LogP contribution in [0.3, 0.4) is 0 Å². The second-order valence-corrected chi connectivity index (χ2v) is 7.36. The fraction of sp³-hybridized carbons (Fsp3) is 0.273. The van der Waals surface area contributed by atoms with Gasteiger partial charge in [-0.05, 0) is 44.8 Å². The maximum Gasteiger partial charge on any atom is 0.295 e. The molecule has 0 radical (unpaired) electrons. The van der Waals surface area contributed by atoms with Crippen molar-refractivity contribution in [3.05, 3.63) is 81.4 Å². The van der Waals surface area contributed by atoms with Gasteiger partial charge in [0.2, 0.25) is 0 Å². The number of carbonyl (C=O) groups excluding carboxylic acids is 2. The van der Waals surface area contributed by atoms with Gasteiger partial charge in [-0.1, -0.05) is 30.3 Å². The molecule has 156 valence electrons. The molecule has 0 aromatic heterocycles. The molecule has 2 aromatic carbocycles. The van der Waals surface area contributed by atoms with Gasteiger partial charge >= 0.3 is 0 Å². The van der Waals surface area contributed by atoms with E-state index in [0.717, 1.165) is 6.54 Å². The Morgan fingerprint density at radius 1 is 1.10 bits per heavy atom.